The summed E-state index contributed by atoms with van der Waals surface area (Å²) in [6.45, 7) is 0. The lowest BCUT2D eigenvalue weighted by atomic mass is 10.1. The van der Waals surface area contributed by atoms with Gasteiger partial charge in [0.25, 0.3) is 0 Å². The number of oxazole rings is 1. The molecule has 0 aliphatic heterocycles. The Morgan fingerprint density at radius 3 is 3.00 bits per heavy atom. The van der Waals surface area contributed by atoms with Gasteiger partial charge in [0.2, 0.25) is 0 Å². The van der Waals surface area contributed by atoms with E-state index in [0.29, 0.717) is 23.4 Å². The van der Waals surface area contributed by atoms with Gasteiger partial charge in [-0.05, 0) is 31.4 Å². The smallest absolute Gasteiger partial charge is 0.198 e. The predicted octanol–water partition coefficient (Wildman–Crippen LogP) is 2.60. The highest BCUT2D eigenvalue weighted by atomic mass is 19.1. The summed E-state index contributed by atoms with van der Waals surface area (Å²) < 4.78 is 18.5. The van der Waals surface area contributed by atoms with Gasteiger partial charge in [0.15, 0.2) is 11.5 Å². The molecule has 1 heterocycles. The third-order valence-corrected chi connectivity index (χ3v) is 3.12. The maximum atomic E-state index is 13.0. The zero-order chi connectivity index (χ0) is 11.1. The lowest BCUT2D eigenvalue weighted by molar-refractivity contribution is 0.180. The third-order valence-electron chi connectivity index (χ3n) is 3.12. The first-order chi connectivity index (χ1) is 7.72. The molecule has 1 N–H and O–H groups in total. The number of hydrogen-bond donors (Lipinski definition) is 1. The standard InChI is InChI=1S/C12H12FNO2/c13-8-2-4-10-11(6-8)16-12(14-10)7-1-3-9(15)5-7/h2,4,6-7,9,15H,1,3,5H2/t7-,9+/m1/s1. The van der Waals surface area contributed by atoms with Crippen molar-refractivity contribution in [2.24, 2.45) is 0 Å². The van der Waals surface area contributed by atoms with Crippen LogP contribution in [0, 0.1) is 5.82 Å². The summed E-state index contributed by atoms with van der Waals surface area (Å²) in [6.07, 6.45) is 2.11. The van der Waals surface area contributed by atoms with Gasteiger partial charge in [-0.3, -0.25) is 0 Å². The summed E-state index contributed by atoms with van der Waals surface area (Å²) in [5, 5.41) is 9.45. The molecule has 3 rings (SSSR count). The molecule has 3 nitrogen and oxygen atoms in total. The minimum absolute atomic E-state index is 0.172. The van der Waals surface area contributed by atoms with Crippen molar-refractivity contribution < 1.29 is 13.9 Å². The first-order valence-corrected chi connectivity index (χ1v) is 5.46. The fourth-order valence-corrected chi connectivity index (χ4v) is 2.27. The summed E-state index contributed by atoms with van der Waals surface area (Å²) in [4.78, 5) is 4.33. The van der Waals surface area contributed by atoms with E-state index in [1.807, 2.05) is 0 Å². The van der Waals surface area contributed by atoms with Crippen LogP contribution in [-0.2, 0) is 0 Å². The Morgan fingerprint density at radius 1 is 1.38 bits per heavy atom. The van der Waals surface area contributed by atoms with Gasteiger partial charge >= 0.3 is 0 Å². The Hall–Kier alpha value is -1.42. The molecule has 0 bridgehead atoms. The Morgan fingerprint density at radius 2 is 2.25 bits per heavy atom. The van der Waals surface area contributed by atoms with Crippen molar-refractivity contribution >= 4 is 11.1 Å². The normalized spacial score (nSPS) is 25.4. The van der Waals surface area contributed by atoms with E-state index in [-0.39, 0.29) is 17.8 Å². The minimum atomic E-state index is -0.318. The van der Waals surface area contributed by atoms with Crippen molar-refractivity contribution in [3.8, 4) is 0 Å². The lowest BCUT2D eigenvalue weighted by Crippen LogP contribution is -1.99. The topological polar surface area (TPSA) is 46.3 Å². The maximum Gasteiger partial charge on any atom is 0.198 e. The molecule has 4 heteroatoms. The first-order valence-electron chi connectivity index (χ1n) is 5.46. The summed E-state index contributed by atoms with van der Waals surface area (Å²) >= 11 is 0. The molecule has 1 aromatic heterocycles. The summed E-state index contributed by atoms with van der Waals surface area (Å²) in [5.41, 5.74) is 1.16. The SMILES string of the molecule is O[C@H]1CC[C@@H](c2nc3ccc(F)cc3o2)C1. The number of benzene rings is 1. The number of fused-ring (bicyclic) bond motifs is 1. The van der Waals surface area contributed by atoms with Crippen LogP contribution in [0.3, 0.4) is 0 Å². The molecule has 1 aromatic carbocycles. The fourth-order valence-electron chi connectivity index (χ4n) is 2.27. The van der Waals surface area contributed by atoms with E-state index in [4.69, 9.17) is 4.42 Å². The molecule has 0 radical (unpaired) electrons. The van der Waals surface area contributed by atoms with Gasteiger partial charge in [0.1, 0.15) is 11.3 Å². The van der Waals surface area contributed by atoms with Crippen molar-refractivity contribution in [2.75, 3.05) is 0 Å². The van der Waals surface area contributed by atoms with Crippen molar-refractivity contribution in [3.63, 3.8) is 0 Å². The van der Waals surface area contributed by atoms with Gasteiger partial charge in [-0.15, -0.1) is 0 Å². The zero-order valence-corrected chi connectivity index (χ0v) is 8.69. The molecule has 0 saturated heterocycles. The lowest BCUT2D eigenvalue weighted by Gasteiger charge is -2.01. The second kappa shape index (κ2) is 3.56. The van der Waals surface area contributed by atoms with Crippen LogP contribution in [0.2, 0.25) is 0 Å². The summed E-state index contributed by atoms with van der Waals surface area (Å²) in [7, 11) is 0. The number of aromatic nitrogens is 1. The molecule has 1 saturated carbocycles. The number of halogens is 1. The highest BCUT2D eigenvalue weighted by Gasteiger charge is 2.28. The van der Waals surface area contributed by atoms with E-state index in [9.17, 15) is 9.50 Å². The Labute approximate surface area is 91.9 Å². The van der Waals surface area contributed by atoms with Gasteiger partial charge in [-0.2, -0.15) is 0 Å². The minimum Gasteiger partial charge on any atom is -0.440 e. The number of nitrogens with zero attached hydrogens (tertiary/aromatic N) is 1. The number of hydrogen-bond acceptors (Lipinski definition) is 3. The van der Waals surface area contributed by atoms with Crippen LogP contribution >= 0.6 is 0 Å². The average Bonchev–Trinajstić information content (AvgIpc) is 2.83. The highest BCUT2D eigenvalue weighted by Crippen LogP contribution is 2.35. The monoisotopic (exact) mass is 221 g/mol. The molecule has 1 aliphatic rings. The largest absolute Gasteiger partial charge is 0.440 e. The molecule has 0 unspecified atom stereocenters. The summed E-state index contributed by atoms with van der Waals surface area (Å²) in [5.74, 6) is 0.476. The molecule has 16 heavy (non-hydrogen) atoms. The Balaban J connectivity index is 1.99. The first kappa shape index (κ1) is 9.78. The molecular weight excluding hydrogens is 209 g/mol. The van der Waals surface area contributed by atoms with Crippen LogP contribution in [0.15, 0.2) is 22.6 Å². The number of rotatable bonds is 1. The number of aliphatic hydroxyl groups excluding tert-OH is 1. The van der Waals surface area contributed by atoms with Crippen LogP contribution in [0.25, 0.3) is 11.1 Å². The fraction of sp³-hybridized carbons (Fsp3) is 0.417. The van der Waals surface area contributed by atoms with Gasteiger partial charge < -0.3 is 9.52 Å². The molecule has 84 valence electrons. The Bertz CT molecular complexity index is 523. The average molecular weight is 221 g/mol. The van der Waals surface area contributed by atoms with Crippen molar-refractivity contribution in [1.29, 1.82) is 0 Å². The van der Waals surface area contributed by atoms with Crippen LogP contribution in [-0.4, -0.2) is 16.2 Å². The van der Waals surface area contributed by atoms with Crippen molar-refractivity contribution in [2.45, 2.75) is 31.3 Å². The molecular formula is C12H12FNO2. The van der Waals surface area contributed by atoms with Gasteiger partial charge in [-0.25, -0.2) is 9.37 Å². The van der Waals surface area contributed by atoms with E-state index in [2.05, 4.69) is 4.98 Å². The molecule has 1 aliphatic carbocycles. The quantitative estimate of drug-likeness (QED) is 0.805. The van der Waals surface area contributed by atoms with Gasteiger partial charge in [-0.1, -0.05) is 0 Å². The second-order valence-corrected chi connectivity index (χ2v) is 4.33. The molecule has 0 amide bonds. The van der Waals surface area contributed by atoms with E-state index in [0.717, 1.165) is 12.8 Å². The molecule has 0 spiro atoms. The van der Waals surface area contributed by atoms with Gasteiger partial charge in [0, 0.05) is 12.0 Å². The van der Waals surface area contributed by atoms with E-state index >= 15 is 0 Å². The molecule has 2 aromatic rings. The molecule has 1 fully saturated rings. The van der Waals surface area contributed by atoms with Gasteiger partial charge in [0.05, 0.1) is 6.10 Å². The van der Waals surface area contributed by atoms with E-state index in [1.54, 1.807) is 6.07 Å². The van der Waals surface area contributed by atoms with Crippen molar-refractivity contribution in [1.82, 2.24) is 4.98 Å². The summed E-state index contributed by atoms with van der Waals surface area (Å²) in [6, 6.07) is 4.33. The van der Waals surface area contributed by atoms with Crippen LogP contribution in [0.4, 0.5) is 4.39 Å². The Kier molecular flexibility index (Phi) is 2.17. The molecule has 2 atom stereocenters. The maximum absolute atomic E-state index is 13.0. The second-order valence-electron chi connectivity index (χ2n) is 4.33. The highest BCUT2D eigenvalue weighted by molar-refractivity contribution is 5.72. The third kappa shape index (κ3) is 1.59. The predicted molar refractivity (Wildman–Crippen MR) is 56.6 cm³/mol. The van der Waals surface area contributed by atoms with Crippen LogP contribution < -0.4 is 0 Å². The van der Waals surface area contributed by atoms with Crippen LogP contribution in [0.5, 0.6) is 0 Å². The van der Waals surface area contributed by atoms with E-state index < -0.39 is 0 Å². The van der Waals surface area contributed by atoms with Crippen molar-refractivity contribution in [3.05, 3.63) is 29.9 Å². The van der Waals surface area contributed by atoms with Crippen LogP contribution in [0.1, 0.15) is 31.1 Å². The zero-order valence-electron chi connectivity index (χ0n) is 8.69. The van der Waals surface area contributed by atoms with E-state index in [1.165, 1.54) is 12.1 Å². The number of aliphatic hydroxyl groups is 1.